The van der Waals surface area contributed by atoms with Crippen molar-refractivity contribution in [2.75, 3.05) is 10.2 Å². The Bertz CT molecular complexity index is 1070. The van der Waals surface area contributed by atoms with E-state index < -0.39 is 4.58 Å². The number of rotatable bonds is 4. The van der Waals surface area contributed by atoms with Crippen molar-refractivity contribution in [3.63, 3.8) is 0 Å². The maximum absolute atomic E-state index is 13.0. The Morgan fingerprint density at radius 3 is 2.23 bits per heavy atom. The summed E-state index contributed by atoms with van der Waals surface area (Å²) in [7, 11) is 0. The third-order valence-electron chi connectivity index (χ3n) is 4.34. The third kappa shape index (κ3) is 4.75. The Kier molecular flexibility index (Phi) is 6.21. The van der Waals surface area contributed by atoms with E-state index in [4.69, 9.17) is 0 Å². The second-order valence-corrected chi connectivity index (χ2v) is 9.03. The third-order valence-corrected chi connectivity index (χ3v) is 6.54. The Morgan fingerprint density at radius 2 is 1.57 bits per heavy atom. The summed E-state index contributed by atoms with van der Waals surface area (Å²) in [4.78, 5) is 31.5. The number of hydrogen-bond donors (Lipinski definition) is 1. The average molecular weight is 434 g/mol. The minimum atomic E-state index is -0.613. The highest BCUT2D eigenvalue weighted by atomic mass is 32.2. The number of thioether (sulfide) groups is 2. The van der Waals surface area contributed by atoms with Gasteiger partial charge in [0.1, 0.15) is 4.58 Å². The fourth-order valence-corrected chi connectivity index (χ4v) is 4.99. The van der Waals surface area contributed by atoms with Gasteiger partial charge in [0.25, 0.3) is 11.1 Å². The van der Waals surface area contributed by atoms with Crippen LogP contribution >= 0.6 is 23.5 Å². The summed E-state index contributed by atoms with van der Waals surface area (Å²) in [5.41, 5.74) is 3.28. The lowest BCUT2D eigenvalue weighted by Crippen LogP contribution is -2.31. The second-order valence-electron chi connectivity index (χ2n) is 6.59. The van der Waals surface area contributed by atoms with E-state index in [1.165, 1.54) is 16.7 Å². The number of aliphatic imine (C=N–C) groups is 1. The molecule has 3 aromatic rings. The van der Waals surface area contributed by atoms with Crippen LogP contribution in [0.4, 0.5) is 21.9 Å². The molecule has 0 bridgehead atoms. The summed E-state index contributed by atoms with van der Waals surface area (Å²) in [5.74, 6) is -0.255. The van der Waals surface area contributed by atoms with Crippen molar-refractivity contribution >= 4 is 56.9 Å². The molecule has 2 amide bonds. The molecule has 0 unspecified atom stereocenters. The van der Waals surface area contributed by atoms with Crippen LogP contribution in [-0.4, -0.2) is 20.9 Å². The highest BCUT2D eigenvalue weighted by Crippen LogP contribution is 2.38. The van der Waals surface area contributed by atoms with Crippen LogP contribution in [0.25, 0.3) is 0 Å². The van der Waals surface area contributed by atoms with Crippen molar-refractivity contribution in [1.29, 1.82) is 0 Å². The summed E-state index contributed by atoms with van der Waals surface area (Å²) < 4.78 is -0.613. The summed E-state index contributed by atoms with van der Waals surface area (Å²) >= 11 is 2.26. The van der Waals surface area contributed by atoms with Gasteiger partial charge in [0, 0.05) is 5.69 Å². The molecule has 3 aromatic carbocycles. The molecule has 0 aromatic heterocycles. The summed E-state index contributed by atoms with van der Waals surface area (Å²) in [6, 6.07) is 26.5. The molecule has 1 atom stereocenters. The number of aryl methyl sites for hydroxylation is 1. The molecule has 4 rings (SSSR count). The van der Waals surface area contributed by atoms with Crippen LogP contribution < -0.4 is 10.2 Å². The molecule has 1 aliphatic heterocycles. The summed E-state index contributed by atoms with van der Waals surface area (Å²) in [6.07, 6.45) is 0. The zero-order chi connectivity index (χ0) is 20.9. The number of carbonyl (C=O) groups excluding carboxylic acids is 2. The van der Waals surface area contributed by atoms with Gasteiger partial charge in [0.15, 0.2) is 5.17 Å². The first-order chi connectivity index (χ1) is 14.6. The van der Waals surface area contributed by atoms with Crippen LogP contribution in [0.1, 0.15) is 5.56 Å². The van der Waals surface area contributed by atoms with Crippen LogP contribution in [0, 0.1) is 6.92 Å². The normalized spacial score (nSPS) is 16.8. The quantitative estimate of drug-likeness (QED) is 0.401. The molecule has 0 saturated carbocycles. The van der Waals surface area contributed by atoms with E-state index in [9.17, 15) is 9.59 Å². The number of nitrogens with zero attached hydrogens (tertiary/aromatic N) is 2. The molecule has 7 heteroatoms. The molecule has 1 aliphatic rings. The standard InChI is InChI=1S/C23H19N3O2S2/c1-16-12-14-19(15-13-16)26-20(27)21(30-23(26)28)29-22(24-17-8-4-2-5-9-17)25-18-10-6-3-7-11-18/h2-15,21H,1H3,(H,24,25)/t21-/m1/s1. The number of benzene rings is 3. The molecule has 0 radical (unpaired) electrons. The van der Waals surface area contributed by atoms with E-state index in [0.29, 0.717) is 10.9 Å². The predicted molar refractivity (Wildman–Crippen MR) is 127 cm³/mol. The van der Waals surface area contributed by atoms with E-state index in [1.54, 1.807) is 12.1 Å². The lowest BCUT2D eigenvalue weighted by atomic mass is 10.2. The zero-order valence-electron chi connectivity index (χ0n) is 16.2. The van der Waals surface area contributed by atoms with E-state index >= 15 is 0 Å². The Morgan fingerprint density at radius 1 is 0.933 bits per heavy atom. The molecule has 150 valence electrons. The fraction of sp³-hybridized carbons (Fsp3) is 0.0870. The number of anilines is 2. The zero-order valence-corrected chi connectivity index (χ0v) is 17.8. The molecule has 1 heterocycles. The number of carbonyl (C=O) groups is 2. The van der Waals surface area contributed by atoms with Gasteiger partial charge in [-0.15, -0.1) is 0 Å². The smallest absolute Gasteiger partial charge is 0.294 e. The maximum Gasteiger partial charge on any atom is 0.294 e. The number of amides is 2. The van der Waals surface area contributed by atoms with Crippen LogP contribution in [0.15, 0.2) is 89.9 Å². The van der Waals surface area contributed by atoms with Crippen LogP contribution in [0.2, 0.25) is 0 Å². The first-order valence-corrected chi connectivity index (χ1v) is 11.1. The van der Waals surface area contributed by atoms with Gasteiger partial charge in [-0.25, -0.2) is 9.89 Å². The Balaban J connectivity index is 1.58. The summed E-state index contributed by atoms with van der Waals surface area (Å²) in [6.45, 7) is 1.96. The maximum atomic E-state index is 13.0. The van der Waals surface area contributed by atoms with Gasteiger partial charge in [0.05, 0.1) is 11.4 Å². The fourth-order valence-electron chi connectivity index (χ4n) is 2.84. The molecule has 0 aliphatic carbocycles. The van der Waals surface area contributed by atoms with Crippen molar-refractivity contribution < 1.29 is 9.59 Å². The molecule has 1 N–H and O–H groups in total. The van der Waals surface area contributed by atoms with Crippen LogP contribution in [-0.2, 0) is 4.79 Å². The van der Waals surface area contributed by atoms with E-state index in [0.717, 1.165) is 28.7 Å². The number of nitrogens with one attached hydrogen (secondary N) is 1. The van der Waals surface area contributed by atoms with Gasteiger partial charge in [-0.3, -0.25) is 9.59 Å². The molecular formula is C23H19N3O2S2. The molecule has 0 spiro atoms. The van der Waals surface area contributed by atoms with Crippen LogP contribution in [0.5, 0.6) is 0 Å². The first kappa shape index (κ1) is 20.3. The lowest BCUT2D eigenvalue weighted by molar-refractivity contribution is -0.115. The first-order valence-electron chi connectivity index (χ1n) is 9.34. The minimum Gasteiger partial charge on any atom is -0.335 e. The predicted octanol–water partition coefficient (Wildman–Crippen LogP) is 6.05. The lowest BCUT2D eigenvalue weighted by Gasteiger charge is -2.15. The molecular weight excluding hydrogens is 414 g/mol. The molecule has 1 saturated heterocycles. The highest BCUT2D eigenvalue weighted by Gasteiger charge is 2.42. The molecule has 30 heavy (non-hydrogen) atoms. The van der Waals surface area contributed by atoms with Crippen molar-refractivity contribution in [3.05, 3.63) is 90.5 Å². The van der Waals surface area contributed by atoms with Crippen LogP contribution in [0.3, 0.4) is 0 Å². The van der Waals surface area contributed by atoms with Gasteiger partial charge >= 0.3 is 0 Å². The van der Waals surface area contributed by atoms with Gasteiger partial charge in [-0.2, -0.15) is 0 Å². The number of hydrogen-bond acceptors (Lipinski definition) is 5. The van der Waals surface area contributed by atoms with Crippen molar-refractivity contribution in [3.8, 4) is 0 Å². The number of imide groups is 1. The van der Waals surface area contributed by atoms with Gasteiger partial charge in [-0.1, -0.05) is 65.9 Å². The van der Waals surface area contributed by atoms with Crippen molar-refractivity contribution in [2.24, 2.45) is 4.99 Å². The van der Waals surface area contributed by atoms with E-state index in [1.807, 2.05) is 79.7 Å². The molecule has 5 nitrogen and oxygen atoms in total. The second kappa shape index (κ2) is 9.19. The average Bonchev–Trinajstić information content (AvgIpc) is 3.03. The summed E-state index contributed by atoms with van der Waals surface area (Å²) in [5, 5.41) is 3.54. The Labute approximate surface area is 183 Å². The minimum absolute atomic E-state index is 0.255. The number of para-hydroxylation sites is 2. The largest absolute Gasteiger partial charge is 0.335 e. The van der Waals surface area contributed by atoms with Gasteiger partial charge < -0.3 is 5.32 Å². The van der Waals surface area contributed by atoms with Crippen molar-refractivity contribution in [2.45, 2.75) is 11.5 Å². The topological polar surface area (TPSA) is 61.8 Å². The van der Waals surface area contributed by atoms with E-state index in [-0.39, 0.29) is 11.1 Å². The SMILES string of the molecule is Cc1ccc(N2C(=O)S[C@@H](SC(=Nc3ccccc3)Nc3ccccc3)C2=O)cc1. The molecule has 1 fully saturated rings. The van der Waals surface area contributed by atoms with E-state index in [2.05, 4.69) is 10.3 Å². The Hall–Kier alpha value is -3.03. The highest BCUT2D eigenvalue weighted by molar-refractivity contribution is 8.31. The van der Waals surface area contributed by atoms with Gasteiger partial charge in [-0.05, 0) is 55.1 Å². The van der Waals surface area contributed by atoms with Gasteiger partial charge in [0.2, 0.25) is 0 Å². The van der Waals surface area contributed by atoms with Crippen molar-refractivity contribution in [1.82, 2.24) is 0 Å². The number of amidine groups is 1. The monoisotopic (exact) mass is 433 g/mol.